The minimum absolute atomic E-state index is 0.0474. The average molecular weight is 385 g/mol. The van der Waals surface area contributed by atoms with Crippen molar-refractivity contribution in [2.45, 2.75) is 76.8 Å². The highest BCUT2D eigenvalue weighted by molar-refractivity contribution is 5.84. The number of carbonyl (C=O) groups excluding carboxylic acids is 2. The Morgan fingerprint density at radius 3 is 2.36 bits per heavy atom. The first-order chi connectivity index (χ1) is 13.5. The first kappa shape index (κ1) is 18.3. The normalized spacial score (nSPS) is 34.2. The fraction of sp³-hybridized carbons (Fsp3) is 0.739. The number of rotatable bonds is 7. The first-order valence-electron chi connectivity index (χ1n) is 11.2. The lowest BCUT2D eigenvalue weighted by Crippen LogP contribution is -2.53. The number of furan rings is 1. The second-order valence-corrected chi connectivity index (χ2v) is 9.93. The summed E-state index contributed by atoms with van der Waals surface area (Å²) in [5.41, 5.74) is -0.130. The van der Waals surface area contributed by atoms with Gasteiger partial charge in [-0.25, -0.2) is 0 Å². The van der Waals surface area contributed by atoms with E-state index < -0.39 is 0 Å². The van der Waals surface area contributed by atoms with Crippen LogP contribution in [0.2, 0.25) is 0 Å². The molecule has 0 aromatic carbocycles. The summed E-state index contributed by atoms with van der Waals surface area (Å²) in [6.07, 6.45) is 11.4. The van der Waals surface area contributed by atoms with Gasteiger partial charge in [0.15, 0.2) is 0 Å². The van der Waals surface area contributed by atoms with Gasteiger partial charge < -0.3 is 14.6 Å². The van der Waals surface area contributed by atoms with Crippen LogP contribution in [0.3, 0.4) is 0 Å². The number of hydrogen-bond donors (Lipinski definition) is 1. The molecule has 1 unspecified atom stereocenters. The zero-order chi connectivity index (χ0) is 19.3. The van der Waals surface area contributed by atoms with Gasteiger partial charge >= 0.3 is 0 Å². The number of amides is 2. The van der Waals surface area contributed by atoms with Gasteiger partial charge in [0, 0.05) is 24.4 Å². The van der Waals surface area contributed by atoms with E-state index in [1.54, 1.807) is 6.26 Å². The molecule has 1 N–H and O–H groups in total. The summed E-state index contributed by atoms with van der Waals surface area (Å²) < 4.78 is 5.52. The van der Waals surface area contributed by atoms with Crippen molar-refractivity contribution >= 4 is 11.8 Å². The van der Waals surface area contributed by atoms with Crippen LogP contribution in [0.4, 0.5) is 0 Å². The van der Waals surface area contributed by atoms with E-state index in [1.807, 2.05) is 24.0 Å². The number of carbonyl (C=O) groups is 2. The van der Waals surface area contributed by atoms with Crippen LogP contribution >= 0.6 is 0 Å². The fourth-order valence-corrected chi connectivity index (χ4v) is 6.74. The van der Waals surface area contributed by atoms with Crippen molar-refractivity contribution in [2.75, 3.05) is 6.54 Å². The molecule has 1 atom stereocenters. The monoisotopic (exact) mass is 384 g/mol. The van der Waals surface area contributed by atoms with Crippen LogP contribution in [0.5, 0.6) is 0 Å². The zero-order valence-electron chi connectivity index (χ0n) is 16.9. The summed E-state index contributed by atoms with van der Waals surface area (Å²) in [4.78, 5) is 28.0. The van der Waals surface area contributed by atoms with E-state index in [0.717, 1.165) is 55.6 Å². The maximum Gasteiger partial charge on any atom is 0.226 e. The fourth-order valence-electron chi connectivity index (χ4n) is 6.74. The smallest absolute Gasteiger partial charge is 0.226 e. The minimum Gasteiger partial charge on any atom is -0.467 e. The highest BCUT2D eigenvalue weighted by Gasteiger charge is 2.54. The van der Waals surface area contributed by atoms with Gasteiger partial charge in [-0.2, -0.15) is 0 Å². The van der Waals surface area contributed by atoms with Crippen molar-refractivity contribution in [3.8, 4) is 0 Å². The largest absolute Gasteiger partial charge is 0.467 e. The lowest BCUT2D eigenvalue weighted by molar-refractivity contribution is -0.146. The molecule has 5 aliphatic rings. The van der Waals surface area contributed by atoms with Crippen molar-refractivity contribution < 1.29 is 14.0 Å². The van der Waals surface area contributed by atoms with Gasteiger partial charge in [-0.05, 0) is 88.2 Å². The Morgan fingerprint density at radius 2 is 1.82 bits per heavy atom. The van der Waals surface area contributed by atoms with Crippen LogP contribution in [0.1, 0.15) is 76.5 Å². The molecule has 5 heteroatoms. The molecule has 0 saturated heterocycles. The second-order valence-electron chi connectivity index (χ2n) is 9.93. The predicted molar refractivity (Wildman–Crippen MR) is 105 cm³/mol. The molecule has 4 bridgehead atoms. The van der Waals surface area contributed by atoms with Crippen molar-refractivity contribution in [1.82, 2.24) is 10.2 Å². The molecule has 2 amide bonds. The summed E-state index contributed by atoms with van der Waals surface area (Å²) in [7, 11) is 0. The molecule has 5 aliphatic carbocycles. The van der Waals surface area contributed by atoms with Crippen LogP contribution in [-0.2, 0) is 9.59 Å². The predicted octanol–water partition coefficient (Wildman–Crippen LogP) is 4.05. The molecule has 5 nitrogen and oxygen atoms in total. The minimum atomic E-state index is -0.130. The van der Waals surface area contributed by atoms with Crippen LogP contribution in [0.25, 0.3) is 0 Å². The highest BCUT2D eigenvalue weighted by Crippen LogP contribution is 2.60. The summed E-state index contributed by atoms with van der Waals surface area (Å²) >= 11 is 0. The van der Waals surface area contributed by atoms with E-state index in [2.05, 4.69) is 5.32 Å². The van der Waals surface area contributed by atoms with Gasteiger partial charge in [-0.3, -0.25) is 9.59 Å². The maximum absolute atomic E-state index is 13.1. The molecule has 0 spiro atoms. The van der Waals surface area contributed by atoms with E-state index in [9.17, 15) is 9.59 Å². The summed E-state index contributed by atoms with van der Waals surface area (Å²) in [6.45, 7) is 2.48. The number of nitrogens with zero attached hydrogens (tertiary/aromatic N) is 1. The van der Waals surface area contributed by atoms with Crippen LogP contribution in [0.15, 0.2) is 22.8 Å². The molecule has 6 rings (SSSR count). The first-order valence-corrected chi connectivity index (χ1v) is 11.2. The Bertz CT molecular complexity index is 702. The van der Waals surface area contributed by atoms with Crippen molar-refractivity contribution in [2.24, 2.45) is 23.2 Å². The van der Waals surface area contributed by atoms with Gasteiger partial charge in [0.1, 0.15) is 5.76 Å². The van der Waals surface area contributed by atoms with Gasteiger partial charge in [0.25, 0.3) is 0 Å². The Kier molecular flexibility index (Phi) is 4.52. The van der Waals surface area contributed by atoms with E-state index >= 15 is 0 Å². The Hall–Kier alpha value is -1.78. The molecule has 5 fully saturated rings. The van der Waals surface area contributed by atoms with Gasteiger partial charge in [0.05, 0.1) is 12.3 Å². The van der Waals surface area contributed by atoms with Gasteiger partial charge in [-0.15, -0.1) is 0 Å². The molecule has 0 aliphatic heterocycles. The Labute approximate surface area is 167 Å². The third-order valence-corrected chi connectivity index (χ3v) is 7.74. The summed E-state index contributed by atoms with van der Waals surface area (Å²) in [5, 5.41) is 3.15. The zero-order valence-corrected chi connectivity index (χ0v) is 16.9. The molecule has 1 aromatic heterocycles. The van der Waals surface area contributed by atoms with Crippen LogP contribution < -0.4 is 5.32 Å². The van der Waals surface area contributed by atoms with Crippen LogP contribution in [0, 0.1) is 23.2 Å². The Balaban J connectivity index is 1.17. The van der Waals surface area contributed by atoms with E-state index in [0.29, 0.717) is 19.0 Å². The molecular formula is C23H32N2O3. The highest BCUT2D eigenvalue weighted by atomic mass is 16.3. The topological polar surface area (TPSA) is 62.6 Å². The second kappa shape index (κ2) is 6.93. The lowest BCUT2D eigenvalue weighted by Gasteiger charge is -2.55. The van der Waals surface area contributed by atoms with Gasteiger partial charge in [0.2, 0.25) is 11.8 Å². The third-order valence-electron chi connectivity index (χ3n) is 7.74. The van der Waals surface area contributed by atoms with Gasteiger partial charge in [-0.1, -0.05) is 0 Å². The van der Waals surface area contributed by atoms with E-state index in [1.165, 1.54) is 19.3 Å². The van der Waals surface area contributed by atoms with E-state index in [-0.39, 0.29) is 23.3 Å². The SMILES string of the molecule is CC(c1ccco1)N(C(=O)CCNC(=O)C12CC3CC(CC(C3)C1)C2)C1CC1. The molecular weight excluding hydrogens is 352 g/mol. The summed E-state index contributed by atoms with van der Waals surface area (Å²) in [6, 6.07) is 4.08. The molecule has 0 radical (unpaired) electrons. The number of nitrogens with one attached hydrogen (secondary N) is 1. The molecule has 1 aromatic rings. The molecule has 5 saturated carbocycles. The summed E-state index contributed by atoms with van der Waals surface area (Å²) in [5.74, 6) is 3.46. The van der Waals surface area contributed by atoms with Crippen molar-refractivity contribution in [3.05, 3.63) is 24.2 Å². The Morgan fingerprint density at radius 1 is 1.18 bits per heavy atom. The standard InChI is InChI=1S/C23H32N2O3/c1-15(20-3-2-8-28-20)25(19-4-5-19)21(26)6-7-24-22(27)23-12-16-9-17(13-23)11-18(10-16)14-23/h2-3,8,15-19H,4-7,9-14H2,1H3,(H,24,27). The molecule has 1 heterocycles. The van der Waals surface area contributed by atoms with Crippen LogP contribution in [-0.4, -0.2) is 29.3 Å². The third kappa shape index (κ3) is 3.27. The average Bonchev–Trinajstić information content (AvgIpc) is 3.31. The van der Waals surface area contributed by atoms with E-state index in [4.69, 9.17) is 4.42 Å². The quantitative estimate of drug-likeness (QED) is 0.771. The van der Waals surface area contributed by atoms with Crippen molar-refractivity contribution in [1.29, 1.82) is 0 Å². The number of hydrogen-bond acceptors (Lipinski definition) is 3. The maximum atomic E-state index is 13.1. The lowest BCUT2D eigenvalue weighted by atomic mass is 9.49. The molecule has 152 valence electrons. The molecule has 28 heavy (non-hydrogen) atoms. The van der Waals surface area contributed by atoms with Crippen molar-refractivity contribution in [3.63, 3.8) is 0 Å².